The fourth-order valence-corrected chi connectivity index (χ4v) is 1.10. The molecule has 0 heterocycles. The first-order valence-corrected chi connectivity index (χ1v) is 5.05. The van der Waals surface area contributed by atoms with Crippen molar-refractivity contribution < 1.29 is 4.79 Å². The lowest BCUT2D eigenvalue weighted by Gasteiger charge is -1.94. The van der Waals surface area contributed by atoms with Crippen molar-refractivity contribution in [2.75, 3.05) is 0 Å². The molecule has 0 rings (SSSR count). The highest BCUT2D eigenvalue weighted by atomic mass is 16.1. The Bertz CT molecular complexity index is 223. The number of rotatable bonds is 8. The number of carbonyl (C=O) groups excluding carboxylic acids is 1. The number of allylic oxidation sites excluding steroid dienone is 4. The van der Waals surface area contributed by atoms with Crippen LogP contribution in [0.5, 0.6) is 0 Å². The van der Waals surface area contributed by atoms with Crippen molar-refractivity contribution in [2.24, 2.45) is 0 Å². The molecule has 0 atom stereocenters. The van der Waals surface area contributed by atoms with E-state index in [2.05, 4.69) is 12.1 Å². The van der Waals surface area contributed by atoms with Crippen LogP contribution >= 0.6 is 0 Å². The summed E-state index contributed by atoms with van der Waals surface area (Å²) in [7, 11) is 0. The summed E-state index contributed by atoms with van der Waals surface area (Å²) in [5, 5.41) is 8.29. The highest BCUT2D eigenvalue weighted by Crippen LogP contribution is 2.05. The first-order valence-electron chi connectivity index (χ1n) is 5.05. The van der Waals surface area contributed by atoms with Crippen LogP contribution in [0.3, 0.4) is 0 Å². The Morgan fingerprint density at radius 3 is 2.50 bits per heavy atom. The van der Waals surface area contributed by atoms with Gasteiger partial charge in [0, 0.05) is 6.42 Å². The first kappa shape index (κ1) is 12.6. The minimum atomic E-state index is 0.678. The lowest BCUT2D eigenvalue weighted by Crippen LogP contribution is -1.76. The molecule has 0 N–H and O–H groups in total. The van der Waals surface area contributed by atoms with Crippen LogP contribution in [0.2, 0.25) is 0 Å². The number of hydrogen-bond donors (Lipinski definition) is 0. The number of aldehydes is 1. The number of hydrogen-bond acceptors (Lipinski definition) is 2. The van der Waals surface area contributed by atoms with Gasteiger partial charge in [-0.05, 0) is 25.3 Å². The fraction of sp³-hybridized carbons (Fsp3) is 0.500. The molecule has 0 saturated heterocycles. The van der Waals surface area contributed by atoms with E-state index in [-0.39, 0.29) is 0 Å². The van der Waals surface area contributed by atoms with Gasteiger partial charge in [-0.15, -0.1) is 0 Å². The van der Waals surface area contributed by atoms with E-state index in [4.69, 9.17) is 5.26 Å². The van der Waals surface area contributed by atoms with Gasteiger partial charge >= 0.3 is 0 Å². The molecule has 0 saturated carbocycles. The van der Waals surface area contributed by atoms with E-state index in [0.29, 0.717) is 6.42 Å². The third-order valence-corrected chi connectivity index (χ3v) is 1.85. The SMILES string of the molecule is N#CCCCCCCC=CC=CC=O. The van der Waals surface area contributed by atoms with Crippen LogP contribution in [0.4, 0.5) is 0 Å². The van der Waals surface area contributed by atoms with Crippen LogP contribution < -0.4 is 0 Å². The second kappa shape index (κ2) is 11.6. The van der Waals surface area contributed by atoms with Gasteiger partial charge in [-0.1, -0.05) is 31.1 Å². The maximum Gasteiger partial charge on any atom is 0.142 e. The molecule has 14 heavy (non-hydrogen) atoms. The summed E-state index contributed by atoms with van der Waals surface area (Å²) in [6.45, 7) is 0. The molecule has 76 valence electrons. The van der Waals surface area contributed by atoms with Crippen molar-refractivity contribution >= 4 is 6.29 Å². The molecule has 0 aliphatic heterocycles. The molecule has 0 spiro atoms. The lowest BCUT2D eigenvalue weighted by atomic mass is 10.1. The Labute approximate surface area is 85.9 Å². The third kappa shape index (κ3) is 10.6. The van der Waals surface area contributed by atoms with E-state index in [0.717, 1.165) is 32.0 Å². The van der Waals surface area contributed by atoms with Gasteiger partial charge in [-0.25, -0.2) is 0 Å². The number of nitrogens with zero attached hydrogens (tertiary/aromatic N) is 1. The minimum absolute atomic E-state index is 0.678. The molecular weight excluding hydrogens is 174 g/mol. The van der Waals surface area contributed by atoms with Crippen LogP contribution in [0.25, 0.3) is 0 Å². The quantitative estimate of drug-likeness (QED) is 0.256. The maximum atomic E-state index is 9.89. The predicted molar refractivity (Wildman–Crippen MR) is 57.7 cm³/mol. The Morgan fingerprint density at radius 1 is 1.00 bits per heavy atom. The molecule has 0 amide bonds. The second-order valence-corrected chi connectivity index (χ2v) is 3.06. The largest absolute Gasteiger partial charge is 0.299 e. The summed E-state index contributed by atoms with van der Waals surface area (Å²) in [4.78, 5) is 9.89. The number of carbonyl (C=O) groups is 1. The molecule has 0 aromatic rings. The van der Waals surface area contributed by atoms with Gasteiger partial charge in [-0.3, -0.25) is 4.79 Å². The van der Waals surface area contributed by atoms with Crippen LogP contribution in [0.1, 0.15) is 38.5 Å². The van der Waals surface area contributed by atoms with Crippen LogP contribution in [0, 0.1) is 11.3 Å². The minimum Gasteiger partial charge on any atom is -0.299 e. The highest BCUT2D eigenvalue weighted by molar-refractivity contribution is 5.65. The Morgan fingerprint density at radius 2 is 1.79 bits per heavy atom. The van der Waals surface area contributed by atoms with Gasteiger partial charge < -0.3 is 0 Å². The predicted octanol–water partition coefficient (Wildman–Crippen LogP) is 3.16. The topological polar surface area (TPSA) is 40.9 Å². The molecule has 2 heteroatoms. The maximum absolute atomic E-state index is 9.89. The molecule has 0 bridgehead atoms. The van der Waals surface area contributed by atoms with Crippen molar-refractivity contribution in [1.29, 1.82) is 5.26 Å². The van der Waals surface area contributed by atoms with Crippen LogP contribution in [-0.2, 0) is 4.79 Å². The molecule has 0 aromatic heterocycles. The molecule has 0 radical (unpaired) electrons. The number of nitriles is 1. The normalized spacial score (nSPS) is 10.8. The molecule has 0 fully saturated rings. The summed E-state index contributed by atoms with van der Waals surface area (Å²) < 4.78 is 0. The van der Waals surface area contributed by atoms with E-state index < -0.39 is 0 Å². The zero-order chi connectivity index (χ0) is 10.5. The van der Waals surface area contributed by atoms with Gasteiger partial charge in [0.1, 0.15) is 6.29 Å². The van der Waals surface area contributed by atoms with E-state index in [1.165, 1.54) is 12.5 Å². The monoisotopic (exact) mass is 191 g/mol. The summed E-state index contributed by atoms with van der Waals surface area (Å²) in [5.74, 6) is 0. The molecule has 0 aromatic carbocycles. The van der Waals surface area contributed by atoms with Gasteiger partial charge in [-0.2, -0.15) is 5.26 Å². The van der Waals surface area contributed by atoms with Crippen LogP contribution in [-0.4, -0.2) is 6.29 Å². The van der Waals surface area contributed by atoms with Gasteiger partial charge in [0.2, 0.25) is 0 Å². The van der Waals surface area contributed by atoms with Gasteiger partial charge in [0.05, 0.1) is 6.07 Å². The Kier molecular flexibility index (Phi) is 10.5. The Hall–Kier alpha value is -1.36. The average Bonchev–Trinajstić information content (AvgIpc) is 2.21. The molecular formula is C12H17NO. The van der Waals surface area contributed by atoms with Crippen LogP contribution in [0.15, 0.2) is 24.3 Å². The van der Waals surface area contributed by atoms with Crippen molar-refractivity contribution in [3.05, 3.63) is 24.3 Å². The molecule has 0 aliphatic carbocycles. The van der Waals surface area contributed by atoms with E-state index >= 15 is 0 Å². The summed E-state index contributed by atoms with van der Waals surface area (Å²) in [6.07, 6.45) is 14.2. The Balaban J connectivity index is 3.13. The fourth-order valence-electron chi connectivity index (χ4n) is 1.10. The second-order valence-electron chi connectivity index (χ2n) is 3.06. The van der Waals surface area contributed by atoms with Crippen molar-refractivity contribution in [1.82, 2.24) is 0 Å². The molecule has 0 aliphatic rings. The van der Waals surface area contributed by atoms with E-state index in [1.807, 2.05) is 6.08 Å². The third-order valence-electron chi connectivity index (χ3n) is 1.85. The zero-order valence-electron chi connectivity index (χ0n) is 8.48. The summed E-state index contributed by atoms with van der Waals surface area (Å²) >= 11 is 0. The van der Waals surface area contributed by atoms with Crippen molar-refractivity contribution in [3.8, 4) is 6.07 Å². The summed E-state index contributed by atoms with van der Waals surface area (Å²) in [6, 6.07) is 2.14. The molecule has 2 nitrogen and oxygen atoms in total. The van der Waals surface area contributed by atoms with Gasteiger partial charge in [0.15, 0.2) is 0 Å². The highest BCUT2D eigenvalue weighted by Gasteiger charge is 1.87. The average molecular weight is 191 g/mol. The van der Waals surface area contributed by atoms with Gasteiger partial charge in [0.25, 0.3) is 0 Å². The van der Waals surface area contributed by atoms with E-state index in [9.17, 15) is 4.79 Å². The van der Waals surface area contributed by atoms with Crippen molar-refractivity contribution in [2.45, 2.75) is 38.5 Å². The van der Waals surface area contributed by atoms with E-state index in [1.54, 1.807) is 6.08 Å². The van der Waals surface area contributed by atoms with Crippen molar-refractivity contribution in [3.63, 3.8) is 0 Å². The smallest absolute Gasteiger partial charge is 0.142 e. The number of unbranched alkanes of at least 4 members (excludes halogenated alkanes) is 5. The first-order chi connectivity index (χ1) is 6.91. The standard InChI is InChI=1S/C12H17NO/c13-11-9-7-5-3-1-2-4-6-8-10-12-14/h4,6,8,10,12H,1-3,5,7,9H2. The summed E-state index contributed by atoms with van der Waals surface area (Å²) in [5.41, 5.74) is 0. The molecule has 0 unspecified atom stereocenters. The zero-order valence-corrected chi connectivity index (χ0v) is 8.48. The lowest BCUT2D eigenvalue weighted by molar-refractivity contribution is -0.104.